The van der Waals surface area contributed by atoms with Crippen LogP contribution in [0.25, 0.3) is 11.4 Å². The molecule has 2 atom stereocenters. The van der Waals surface area contributed by atoms with Gasteiger partial charge in [-0.1, -0.05) is 32.1 Å². The zero-order valence-corrected chi connectivity index (χ0v) is 14.5. The van der Waals surface area contributed by atoms with Gasteiger partial charge in [-0.2, -0.15) is 4.98 Å². The van der Waals surface area contributed by atoms with Crippen molar-refractivity contribution >= 4 is 5.95 Å². The highest BCUT2D eigenvalue weighted by Crippen LogP contribution is 2.51. The fraction of sp³-hybridized carbons (Fsp3) is 0.600. The van der Waals surface area contributed by atoms with Crippen molar-refractivity contribution in [2.75, 3.05) is 5.32 Å². The van der Waals surface area contributed by atoms with E-state index in [0.29, 0.717) is 17.8 Å². The summed E-state index contributed by atoms with van der Waals surface area (Å²) in [6.45, 7) is 0. The summed E-state index contributed by atoms with van der Waals surface area (Å²) < 4.78 is 15.5. The maximum Gasteiger partial charge on any atom is 0.222 e. The quantitative estimate of drug-likeness (QED) is 0.816. The van der Waals surface area contributed by atoms with Crippen molar-refractivity contribution in [1.82, 2.24) is 14.8 Å². The van der Waals surface area contributed by atoms with Gasteiger partial charge in [-0.3, -0.25) is 0 Å². The Morgan fingerprint density at radius 2 is 1.76 bits per heavy atom. The van der Waals surface area contributed by atoms with Gasteiger partial charge >= 0.3 is 0 Å². The number of hydrogen-bond acceptors (Lipinski definition) is 3. The van der Waals surface area contributed by atoms with Crippen LogP contribution >= 0.6 is 0 Å². The fourth-order valence-corrected chi connectivity index (χ4v) is 5.45. The smallest absolute Gasteiger partial charge is 0.222 e. The SMILES string of the molecule is Fc1ccc(-c2nc3n(n2)C2(CCCCC2)C2CCCCC2N3)cc1. The van der Waals surface area contributed by atoms with E-state index < -0.39 is 0 Å². The van der Waals surface area contributed by atoms with Gasteiger partial charge in [0.15, 0.2) is 5.82 Å². The van der Waals surface area contributed by atoms with Crippen LogP contribution in [-0.4, -0.2) is 20.8 Å². The van der Waals surface area contributed by atoms with Gasteiger partial charge in [-0.25, -0.2) is 9.07 Å². The Morgan fingerprint density at radius 1 is 1.00 bits per heavy atom. The van der Waals surface area contributed by atoms with Crippen LogP contribution in [0.4, 0.5) is 10.3 Å². The number of hydrogen-bond donors (Lipinski definition) is 1. The third kappa shape index (κ3) is 2.39. The molecule has 2 aliphatic carbocycles. The second-order valence-corrected chi connectivity index (χ2v) is 7.98. The number of anilines is 1. The van der Waals surface area contributed by atoms with Crippen molar-refractivity contribution in [2.45, 2.75) is 69.4 Å². The molecule has 1 aliphatic heterocycles. The summed E-state index contributed by atoms with van der Waals surface area (Å²) in [6, 6.07) is 7.05. The number of rotatable bonds is 1. The molecular formula is C20H25FN4. The highest BCUT2D eigenvalue weighted by atomic mass is 19.1. The summed E-state index contributed by atoms with van der Waals surface area (Å²) in [4.78, 5) is 4.81. The first-order chi connectivity index (χ1) is 12.3. The number of halogens is 1. The minimum Gasteiger partial charge on any atom is -0.351 e. The molecule has 1 aromatic heterocycles. The molecular weight excluding hydrogens is 315 g/mol. The Bertz CT molecular complexity index is 761. The molecule has 132 valence electrons. The van der Waals surface area contributed by atoms with E-state index in [0.717, 1.165) is 11.5 Å². The Labute approximate surface area is 147 Å². The largest absolute Gasteiger partial charge is 0.351 e. The van der Waals surface area contributed by atoms with E-state index in [-0.39, 0.29) is 11.4 Å². The first kappa shape index (κ1) is 15.4. The van der Waals surface area contributed by atoms with Gasteiger partial charge in [-0.15, -0.1) is 5.10 Å². The molecule has 1 aromatic carbocycles. The predicted molar refractivity (Wildman–Crippen MR) is 95.8 cm³/mol. The molecule has 0 radical (unpaired) electrons. The number of benzene rings is 1. The molecule has 25 heavy (non-hydrogen) atoms. The molecule has 2 aromatic rings. The molecule has 1 spiro atoms. The highest BCUT2D eigenvalue weighted by Gasteiger charge is 2.51. The Kier molecular flexibility index (Phi) is 3.57. The van der Waals surface area contributed by atoms with E-state index in [1.165, 1.54) is 69.9 Å². The molecule has 4 nitrogen and oxygen atoms in total. The standard InChI is InChI=1S/C20H25FN4/c21-15-10-8-14(9-11-15)18-23-19-22-17-7-3-2-6-16(17)20(25(19)24-18)12-4-1-5-13-20/h8-11,16-17H,1-7,12-13H2,(H,22,23,24). The van der Waals surface area contributed by atoms with Crippen LogP contribution in [-0.2, 0) is 5.54 Å². The second-order valence-electron chi connectivity index (χ2n) is 7.98. The normalized spacial score (nSPS) is 27.4. The third-order valence-corrected chi connectivity index (χ3v) is 6.62. The summed E-state index contributed by atoms with van der Waals surface area (Å²) in [5.74, 6) is 2.08. The molecule has 2 saturated carbocycles. The lowest BCUT2D eigenvalue weighted by atomic mass is 9.64. The van der Waals surface area contributed by atoms with Gasteiger partial charge in [0.05, 0.1) is 5.54 Å². The van der Waals surface area contributed by atoms with Crippen LogP contribution in [0, 0.1) is 11.7 Å². The van der Waals surface area contributed by atoms with Crippen LogP contribution in [0.2, 0.25) is 0 Å². The molecule has 2 unspecified atom stereocenters. The second kappa shape index (κ2) is 5.82. The zero-order valence-electron chi connectivity index (χ0n) is 14.5. The van der Waals surface area contributed by atoms with Crippen LogP contribution in [0.1, 0.15) is 57.8 Å². The van der Waals surface area contributed by atoms with E-state index >= 15 is 0 Å². The van der Waals surface area contributed by atoms with Crippen molar-refractivity contribution in [2.24, 2.45) is 5.92 Å². The van der Waals surface area contributed by atoms with Crippen LogP contribution in [0.3, 0.4) is 0 Å². The van der Waals surface area contributed by atoms with Gasteiger partial charge in [0.1, 0.15) is 5.82 Å². The lowest BCUT2D eigenvalue weighted by Gasteiger charge is -2.52. The molecule has 2 fully saturated rings. The lowest BCUT2D eigenvalue weighted by molar-refractivity contribution is 0.0455. The number of nitrogens with zero attached hydrogens (tertiary/aromatic N) is 3. The van der Waals surface area contributed by atoms with E-state index in [2.05, 4.69) is 10.00 Å². The summed E-state index contributed by atoms with van der Waals surface area (Å²) in [7, 11) is 0. The number of fused-ring (bicyclic) bond motifs is 4. The average Bonchev–Trinajstić information content (AvgIpc) is 3.08. The summed E-state index contributed by atoms with van der Waals surface area (Å²) >= 11 is 0. The topological polar surface area (TPSA) is 42.7 Å². The molecule has 5 heteroatoms. The van der Waals surface area contributed by atoms with Gasteiger partial charge in [0.25, 0.3) is 0 Å². The van der Waals surface area contributed by atoms with Crippen molar-refractivity contribution in [3.8, 4) is 11.4 Å². The molecule has 3 aliphatic rings. The molecule has 0 amide bonds. The fourth-order valence-electron chi connectivity index (χ4n) is 5.45. The lowest BCUT2D eigenvalue weighted by Crippen LogP contribution is -2.55. The van der Waals surface area contributed by atoms with Gasteiger partial charge in [0.2, 0.25) is 5.95 Å². The minimum atomic E-state index is -0.222. The summed E-state index contributed by atoms with van der Waals surface area (Å²) in [5.41, 5.74) is 1.02. The Balaban J connectivity index is 1.61. The molecule has 0 saturated heterocycles. The Hall–Kier alpha value is -1.91. The minimum absolute atomic E-state index is 0.134. The van der Waals surface area contributed by atoms with Gasteiger partial charge in [-0.05, 0) is 49.9 Å². The van der Waals surface area contributed by atoms with E-state index in [4.69, 9.17) is 10.1 Å². The van der Waals surface area contributed by atoms with Gasteiger partial charge in [0, 0.05) is 17.5 Å². The summed E-state index contributed by atoms with van der Waals surface area (Å²) in [5, 5.41) is 8.63. The molecule has 2 heterocycles. The highest BCUT2D eigenvalue weighted by molar-refractivity contribution is 5.57. The van der Waals surface area contributed by atoms with Crippen LogP contribution < -0.4 is 5.32 Å². The maximum absolute atomic E-state index is 13.3. The Morgan fingerprint density at radius 3 is 2.56 bits per heavy atom. The number of aromatic nitrogens is 3. The first-order valence-corrected chi connectivity index (χ1v) is 9.76. The molecule has 1 N–H and O–H groups in total. The van der Waals surface area contributed by atoms with Crippen molar-refractivity contribution in [3.63, 3.8) is 0 Å². The average molecular weight is 340 g/mol. The zero-order chi connectivity index (χ0) is 16.9. The third-order valence-electron chi connectivity index (χ3n) is 6.62. The van der Waals surface area contributed by atoms with E-state index in [9.17, 15) is 4.39 Å². The van der Waals surface area contributed by atoms with E-state index in [1.54, 1.807) is 12.1 Å². The van der Waals surface area contributed by atoms with Crippen LogP contribution in [0.15, 0.2) is 24.3 Å². The maximum atomic E-state index is 13.3. The van der Waals surface area contributed by atoms with Crippen LogP contribution in [0.5, 0.6) is 0 Å². The predicted octanol–water partition coefficient (Wildman–Crippen LogP) is 4.73. The van der Waals surface area contributed by atoms with Gasteiger partial charge < -0.3 is 5.32 Å². The van der Waals surface area contributed by atoms with Crippen molar-refractivity contribution < 1.29 is 4.39 Å². The monoisotopic (exact) mass is 340 g/mol. The molecule has 5 rings (SSSR count). The number of nitrogens with one attached hydrogen (secondary N) is 1. The molecule has 0 bridgehead atoms. The van der Waals surface area contributed by atoms with E-state index in [1.807, 2.05) is 0 Å². The van der Waals surface area contributed by atoms with Crippen molar-refractivity contribution in [3.05, 3.63) is 30.1 Å². The summed E-state index contributed by atoms with van der Waals surface area (Å²) in [6.07, 6.45) is 11.5. The van der Waals surface area contributed by atoms with Crippen molar-refractivity contribution in [1.29, 1.82) is 0 Å². The first-order valence-electron chi connectivity index (χ1n) is 9.76.